The van der Waals surface area contributed by atoms with Gasteiger partial charge >= 0.3 is 0 Å². The Kier molecular flexibility index (Phi) is 2.70. The lowest BCUT2D eigenvalue weighted by atomic mass is 10.4. The molecule has 0 unspecified atom stereocenters. The third kappa shape index (κ3) is 1.94. The van der Waals surface area contributed by atoms with Crippen molar-refractivity contribution in [1.29, 1.82) is 0 Å². The van der Waals surface area contributed by atoms with Gasteiger partial charge in [-0.2, -0.15) is 9.67 Å². The summed E-state index contributed by atoms with van der Waals surface area (Å²) < 4.78 is 1.76. The fourth-order valence-electron chi connectivity index (χ4n) is 2.26. The lowest BCUT2D eigenvalue weighted by molar-refractivity contribution is 0.787. The largest absolute Gasteiger partial charge is 0.341 e. The molecule has 0 bridgehead atoms. The minimum Gasteiger partial charge on any atom is -0.341 e. The molecule has 0 radical (unpaired) electrons. The molecule has 18 heavy (non-hydrogen) atoms. The average Bonchev–Trinajstić information content (AvgIpc) is 2.99. The number of hydrogen-bond donors (Lipinski definition) is 0. The predicted octanol–water partition coefficient (Wildman–Crippen LogP) is 1.27. The summed E-state index contributed by atoms with van der Waals surface area (Å²) in [4.78, 5) is 15.4. The van der Waals surface area contributed by atoms with Crippen LogP contribution in [0.15, 0.2) is 12.3 Å². The molecule has 0 saturated carbocycles. The van der Waals surface area contributed by atoms with Crippen molar-refractivity contribution < 1.29 is 0 Å². The zero-order chi connectivity index (χ0) is 12.5. The van der Waals surface area contributed by atoms with Crippen molar-refractivity contribution in [3.8, 4) is 5.82 Å². The van der Waals surface area contributed by atoms with Gasteiger partial charge in [0, 0.05) is 25.4 Å². The lowest BCUT2D eigenvalue weighted by Crippen LogP contribution is -2.21. The smallest absolute Gasteiger partial charge is 0.227 e. The SMILES string of the molecule is Cc1nc(C)n(-c2ccnc(N3CCCC3)n2)n1. The summed E-state index contributed by atoms with van der Waals surface area (Å²) >= 11 is 0. The number of anilines is 1. The zero-order valence-corrected chi connectivity index (χ0v) is 10.7. The monoisotopic (exact) mass is 244 g/mol. The van der Waals surface area contributed by atoms with E-state index < -0.39 is 0 Å². The molecule has 1 aliphatic rings. The molecule has 0 atom stereocenters. The molecule has 3 rings (SSSR count). The minimum absolute atomic E-state index is 0.758. The Hall–Kier alpha value is -1.98. The Morgan fingerprint density at radius 3 is 2.56 bits per heavy atom. The second-order valence-corrected chi connectivity index (χ2v) is 4.53. The van der Waals surface area contributed by atoms with Gasteiger partial charge in [-0.15, -0.1) is 5.10 Å². The van der Waals surface area contributed by atoms with E-state index in [1.54, 1.807) is 10.9 Å². The van der Waals surface area contributed by atoms with E-state index in [9.17, 15) is 0 Å². The molecule has 0 aromatic carbocycles. The first-order valence-corrected chi connectivity index (χ1v) is 6.23. The van der Waals surface area contributed by atoms with Gasteiger partial charge in [-0.1, -0.05) is 0 Å². The van der Waals surface area contributed by atoms with Crippen molar-refractivity contribution in [2.45, 2.75) is 26.7 Å². The van der Waals surface area contributed by atoms with Crippen LogP contribution < -0.4 is 4.90 Å². The van der Waals surface area contributed by atoms with Gasteiger partial charge in [0.05, 0.1) is 0 Å². The Labute approximate surface area is 106 Å². The van der Waals surface area contributed by atoms with Crippen LogP contribution in [-0.4, -0.2) is 37.8 Å². The topological polar surface area (TPSA) is 59.7 Å². The first-order chi connectivity index (χ1) is 8.74. The molecule has 0 spiro atoms. The molecule has 1 saturated heterocycles. The van der Waals surface area contributed by atoms with Crippen molar-refractivity contribution in [1.82, 2.24) is 24.7 Å². The summed E-state index contributed by atoms with van der Waals surface area (Å²) in [5.41, 5.74) is 0. The zero-order valence-electron chi connectivity index (χ0n) is 10.7. The van der Waals surface area contributed by atoms with Crippen LogP contribution >= 0.6 is 0 Å². The van der Waals surface area contributed by atoms with E-state index in [1.807, 2.05) is 19.9 Å². The maximum absolute atomic E-state index is 4.57. The Morgan fingerprint density at radius 2 is 1.89 bits per heavy atom. The van der Waals surface area contributed by atoms with Gasteiger partial charge < -0.3 is 4.90 Å². The molecule has 1 fully saturated rings. The van der Waals surface area contributed by atoms with E-state index in [0.29, 0.717) is 0 Å². The number of aryl methyl sites for hydroxylation is 2. The number of aromatic nitrogens is 5. The van der Waals surface area contributed by atoms with Crippen molar-refractivity contribution >= 4 is 5.95 Å². The molecule has 2 aromatic rings. The van der Waals surface area contributed by atoms with Gasteiger partial charge in [-0.05, 0) is 26.7 Å². The Bertz CT molecular complexity index is 555. The molecule has 0 N–H and O–H groups in total. The number of hydrogen-bond acceptors (Lipinski definition) is 5. The van der Waals surface area contributed by atoms with Gasteiger partial charge in [0.25, 0.3) is 0 Å². The highest BCUT2D eigenvalue weighted by Crippen LogP contribution is 2.16. The molecular weight excluding hydrogens is 228 g/mol. The van der Waals surface area contributed by atoms with E-state index in [1.165, 1.54) is 12.8 Å². The summed E-state index contributed by atoms with van der Waals surface area (Å²) in [6.07, 6.45) is 4.22. The van der Waals surface area contributed by atoms with Crippen molar-refractivity contribution in [3.05, 3.63) is 23.9 Å². The van der Waals surface area contributed by atoms with E-state index >= 15 is 0 Å². The van der Waals surface area contributed by atoms with Crippen LogP contribution in [0.2, 0.25) is 0 Å². The van der Waals surface area contributed by atoms with Crippen molar-refractivity contribution in [3.63, 3.8) is 0 Å². The summed E-state index contributed by atoms with van der Waals surface area (Å²) in [6.45, 7) is 5.89. The van der Waals surface area contributed by atoms with Crippen LogP contribution in [0.25, 0.3) is 5.82 Å². The van der Waals surface area contributed by atoms with Crippen molar-refractivity contribution in [2.75, 3.05) is 18.0 Å². The molecule has 6 heteroatoms. The second-order valence-electron chi connectivity index (χ2n) is 4.53. The van der Waals surface area contributed by atoms with Crippen LogP contribution in [0, 0.1) is 13.8 Å². The molecule has 1 aliphatic heterocycles. The fourth-order valence-corrected chi connectivity index (χ4v) is 2.26. The molecule has 0 aliphatic carbocycles. The second kappa shape index (κ2) is 4.36. The highest BCUT2D eigenvalue weighted by atomic mass is 15.4. The summed E-state index contributed by atoms with van der Waals surface area (Å²) in [5, 5.41) is 4.34. The number of nitrogens with zero attached hydrogens (tertiary/aromatic N) is 6. The van der Waals surface area contributed by atoms with Gasteiger partial charge in [-0.25, -0.2) is 9.97 Å². The van der Waals surface area contributed by atoms with Crippen LogP contribution in [-0.2, 0) is 0 Å². The highest BCUT2D eigenvalue weighted by Gasteiger charge is 2.16. The highest BCUT2D eigenvalue weighted by molar-refractivity contribution is 5.35. The third-order valence-electron chi connectivity index (χ3n) is 3.11. The van der Waals surface area contributed by atoms with Gasteiger partial charge in [-0.3, -0.25) is 0 Å². The Balaban J connectivity index is 1.97. The average molecular weight is 244 g/mol. The number of rotatable bonds is 2. The molecule has 3 heterocycles. The molecular formula is C12H16N6. The molecule has 6 nitrogen and oxygen atoms in total. The van der Waals surface area contributed by atoms with Gasteiger partial charge in [0.2, 0.25) is 5.95 Å². The van der Waals surface area contributed by atoms with Crippen molar-refractivity contribution in [2.24, 2.45) is 0 Å². The third-order valence-corrected chi connectivity index (χ3v) is 3.11. The van der Waals surface area contributed by atoms with Crippen LogP contribution in [0.4, 0.5) is 5.95 Å². The van der Waals surface area contributed by atoms with Crippen LogP contribution in [0.5, 0.6) is 0 Å². The molecule has 0 amide bonds. The van der Waals surface area contributed by atoms with Crippen LogP contribution in [0.3, 0.4) is 0 Å². The quantitative estimate of drug-likeness (QED) is 0.796. The first kappa shape index (κ1) is 11.1. The molecule has 94 valence electrons. The Morgan fingerprint density at radius 1 is 1.11 bits per heavy atom. The summed E-state index contributed by atoms with van der Waals surface area (Å²) in [6, 6.07) is 1.86. The summed E-state index contributed by atoms with van der Waals surface area (Å²) in [7, 11) is 0. The molecule has 2 aromatic heterocycles. The minimum atomic E-state index is 0.758. The van der Waals surface area contributed by atoms with Gasteiger partial charge in [0.15, 0.2) is 5.82 Å². The van der Waals surface area contributed by atoms with Gasteiger partial charge in [0.1, 0.15) is 11.6 Å². The van der Waals surface area contributed by atoms with E-state index in [-0.39, 0.29) is 0 Å². The van der Waals surface area contributed by atoms with E-state index in [2.05, 4.69) is 25.0 Å². The standard InChI is InChI=1S/C12H16N6/c1-9-14-10(2)18(16-9)11-5-6-13-12(15-11)17-7-3-4-8-17/h5-6H,3-4,7-8H2,1-2H3. The lowest BCUT2D eigenvalue weighted by Gasteiger charge is -2.15. The first-order valence-electron chi connectivity index (χ1n) is 6.23. The normalized spacial score (nSPS) is 15.3. The van der Waals surface area contributed by atoms with E-state index in [0.717, 1.165) is 36.5 Å². The van der Waals surface area contributed by atoms with E-state index in [4.69, 9.17) is 0 Å². The maximum Gasteiger partial charge on any atom is 0.227 e. The predicted molar refractivity (Wildman–Crippen MR) is 67.9 cm³/mol. The maximum atomic E-state index is 4.57. The van der Waals surface area contributed by atoms with Crippen LogP contribution in [0.1, 0.15) is 24.5 Å². The summed E-state index contributed by atoms with van der Waals surface area (Å²) in [5.74, 6) is 3.18. The fraction of sp³-hybridized carbons (Fsp3) is 0.500.